The number of nitrogens with one attached hydrogen (secondary N) is 1. The molecule has 18 heavy (non-hydrogen) atoms. The lowest BCUT2D eigenvalue weighted by Gasteiger charge is -2.20. The molecule has 2 rings (SSSR count). The van der Waals surface area contributed by atoms with E-state index in [0.29, 0.717) is 0 Å². The maximum Gasteiger partial charge on any atom is 0.0712 e. The van der Waals surface area contributed by atoms with Crippen LogP contribution in [-0.2, 0) is 0 Å². The Hall–Kier alpha value is -1.35. The van der Waals surface area contributed by atoms with Crippen LogP contribution in [0.1, 0.15) is 28.3 Å². The number of halogens is 1. The van der Waals surface area contributed by atoms with Gasteiger partial charge in [-0.25, -0.2) is 5.43 Å². The second-order valence-corrected chi connectivity index (χ2v) is 4.88. The molecule has 0 heterocycles. The molecule has 0 aliphatic rings. The van der Waals surface area contributed by atoms with Crippen LogP contribution in [0.5, 0.6) is 0 Å². The van der Waals surface area contributed by atoms with Gasteiger partial charge in [-0.15, -0.1) is 0 Å². The maximum absolute atomic E-state index is 5.91. The van der Waals surface area contributed by atoms with Crippen LogP contribution in [0.3, 0.4) is 0 Å². The number of hydrogen-bond acceptors (Lipinski definition) is 2. The molecule has 0 bridgehead atoms. The number of nitrogens with two attached hydrogens (primary N) is 1. The number of hydrogen-bond donors (Lipinski definition) is 2. The monoisotopic (exact) mass is 260 g/mol. The fourth-order valence-electron chi connectivity index (χ4n) is 2.11. The van der Waals surface area contributed by atoms with Crippen LogP contribution in [-0.4, -0.2) is 0 Å². The van der Waals surface area contributed by atoms with Crippen molar-refractivity contribution in [2.75, 3.05) is 0 Å². The van der Waals surface area contributed by atoms with E-state index in [2.05, 4.69) is 37.5 Å². The van der Waals surface area contributed by atoms with Gasteiger partial charge in [-0.1, -0.05) is 41.9 Å². The molecule has 2 nitrogen and oxygen atoms in total. The first kappa shape index (κ1) is 13.1. The number of rotatable bonds is 3. The summed E-state index contributed by atoms with van der Waals surface area (Å²) in [5.41, 5.74) is 7.71. The summed E-state index contributed by atoms with van der Waals surface area (Å²) in [6, 6.07) is 14.0. The van der Waals surface area contributed by atoms with Crippen molar-refractivity contribution in [1.29, 1.82) is 0 Å². The quantitative estimate of drug-likeness (QED) is 0.655. The molecule has 0 spiro atoms. The molecule has 0 radical (unpaired) electrons. The molecule has 94 valence electrons. The molecule has 0 aliphatic carbocycles. The van der Waals surface area contributed by atoms with Crippen molar-refractivity contribution in [1.82, 2.24) is 5.43 Å². The average Bonchev–Trinajstić information content (AvgIpc) is 2.37. The third kappa shape index (κ3) is 2.56. The highest BCUT2D eigenvalue weighted by Crippen LogP contribution is 2.26. The number of aryl methyl sites for hydroxylation is 1. The third-order valence-corrected chi connectivity index (χ3v) is 3.58. The molecule has 2 aromatic rings. The van der Waals surface area contributed by atoms with Gasteiger partial charge in [-0.3, -0.25) is 5.84 Å². The summed E-state index contributed by atoms with van der Waals surface area (Å²) in [5, 5.41) is 0.732. The van der Waals surface area contributed by atoms with Gasteiger partial charge in [0.1, 0.15) is 0 Å². The molecule has 0 saturated carbocycles. The Labute approximate surface area is 113 Å². The summed E-state index contributed by atoms with van der Waals surface area (Å²) in [5.74, 6) is 5.71. The van der Waals surface area contributed by atoms with Gasteiger partial charge < -0.3 is 0 Å². The smallest absolute Gasteiger partial charge is 0.0712 e. The average molecular weight is 261 g/mol. The normalized spacial score (nSPS) is 12.4. The van der Waals surface area contributed by atoms with Crippen LogP contribution in [0.15, 0.2) is 42.5 Å². The van der Waals surface area contributed by atoms with Crippen LogP contribution in [0.2, 0.25) is 5.02 Å². The second-order valence-electron chi connectivity index (χ2n) is 4.44. The number of benzene rings is 2. The zero-order valence-electron chi connectivity index (χ0n) is 10.6. The predicted octanol–water partition coefficient (Wildman–Crippen LogP) is 3.51. The van der Waals surface area contributed by atoms with Gasteiger partial charge in [0.05, 0.1) is 6.04 Å². The molecule has 1 unspecified atom stereocenters. The molecule has 2 aromatic carbocycles. The summed E-state index contributed by atoms with van der Waals surface area (Å²) >= 11 is 5.91. The zero-order valence-corrected chi connectivity index (χ0v) is 11.3. The fraction of sp³-hybridized carbons (Fsp3) is 0.200. The van der Waals surface area contributed by atoms with E-state index in [-0.39, 0.29) is 6.04 Å². The Morgan fingerprint density at radius 1 is 1.06 bits per heavy atom. The van der Waals surface area contributed by atoms with Crippen LogP contribution in [0, 0.1) is 13.8 Å². The molecule has 1 atom stereocenters. The minimum Gasteiger partial charge on any atom is -0.271 e. The highest BCUT2D eigenvalue weighted by molar-refractivity contribution is 6.30. The van der Waals surface area contributed by atoms with Gasteiger partial charge in [0.25, 0.3) is 0 Å². The van der Waals surface area contributed by atoms with Crippen molar-refractivity contribution in [3.63, 3.8) is 0 Å². The number of hydrazine groups is 1. The van der Waals surface area contributed by atoms with Gasteiger partial charge >= 0.3 is 0 Å². The molecule has 3 heteroatoms. The minimum absolute atomic E-state index is 0.0119. The van der Waals surface area contributed by atoms with E-state index in [1.54, 1.807) is 0 Å². The first-order valence-corrected chi connectivity index (χ1v) is 6.29. The lowest BCUT2D eigenvalue weighted by molar-refractivity contribution is 0.633. The van der Waals surface area contributed by atoms with Crippen molar-refractivity contribution >= 4 is 11.6 Å². The standard InChI is InChI=1S/C15H17ClN2/c1-10-4-3-5-14(11(10)2)15(18-17)12-6-8-13(16)9-7-12/h3-9,15,18H,17H2,1-2H3. The fourth-order valence-corrected chi connectivity index (χ4v) is 2.23. The largest absolute Gasteiger partial charge is 0.271 e. The Morgan fingerprint density at radius 3 is 2.33 bits per heavy atom. The molecular weight excluding hydrogens is 244 g/mol. The van der Waals surface area contributed by atoms with Gasteiger partial charge in [-0.2, -0.15) is 0 Å². The molecule has 0 amide bonds. The summed E-state index contributed by atoms with van der Waals surface area (Å²) in [4.78, 5) is 0. The van der Waals surface area contributed by atoms with Gasteiger partial charge in [-0.05, 0) is 48.2 Å². The van der Waals surface area contributed by atoms with Crippen molar-refractivity contribution in [3.05, 3.63) is 69.7 Å². The summed E-state index contributed by atoms with van der Waals surface area (Å²) in [6.45, 7) is 4.22. The van der Waals surface area contributed by atoms with E-state index in [1.807, 2.05) is 24.3 Å². The topological polar surface area (TPSA) is 38.0 Å². The predicted molar refractivity (Wildman–Crippen MR) is 76.5 cm³/mol. The van der Waals surface area contributed by atoms with Crippen molar-refractivity contribution in [2.45, 2.75) is 19.9 Å². The molecule has 0 fully saturated rings. The van der Waals surface area contributed by atoms with E-state index in [1.165, 1.54) is 16.7 Å². The zero-order chi connectivity index (χ0) is 13.1. The summed E-state index contributed by atoms with van der Waals surface area (Å²) in [6.07, 6.45) is 0. The van der Waals surface area contributed by atoms with E-state index in [0.717, 1.165) is 10.6 Å². The highest BCUT2D eigenvalue weighted by Gasteiger charge is 2.15. The van der Waals surface area contributed by atoms with Crippen LogP contribution in [0.25, 0.3) is 0 Å². The molecule has 0 saturated heterocycles. The SMILES string of the molecule is Cc1cccc(C(NN)c2ccc(Cl)cc2)c1C. The van der Waals surface area contributed by atoms with E-state index in [9.17, 15) is 0 Å². The maximum atomic E-state index is 5.91. The molecule has 0 aromatic heterocycles. The van der Waals surface area contributed by atoms with E-state index < -0.39 is 0 Å². The van der Waals surface area contributed by atoms with Crippen molar-refractivity contribution in [2.24, 2.45) is 5.84 Å². The van der Waals surface area contributed by atoms with E-state index in [4.69, 9.17) is 17.4 Å². The van der Waals surface area contributed by atoms with Gasteiger partial charge in [0.2, 0.25) is 0 Å². The van der Waals surface area contributed by atoms with Crippen molar-refractivity contribution in [3.8, 4) is 0 Å². The summed E-state index contributed by atoms with van der Waals surface area (Å²) in [7, 11) is 0. The first-order chi connectivity index (χ1) is 8.63. The summed E-state index contributed by atoms with van der Waals surface area (Å²) < 4.78 is 0. The first-order valence-electron chi connectivity index (χ1n) is 5.91. The Morgan fingerprint density at radius 2 is 1.72 bits per heavy atom. The second kappa shape index (κ2) is 5.53. The lowest BCUT2D eigenvalue weighted by Crippen LogP contribution is -2.29. The highest BCUT2D eigenvalue weighted by atomic mass is 35.5. The third-order valence-electron chi connectivity index (χ3n) is 3.33. The molecule has 3 N–H and O–H groups in total. The van der Waals surface area contributed by atoms with E-state index >= 15 is 0 Å². The van der Waals surface area contributed by atoms with Crippen molar-refractivity contribution < 1.29 is 0 Å². The minimum atomic E-state index is -0.0119. The molecular formula is C15H17ClN2. The Balaban J connectivity index is 2.45. The molecule has 0 aliphatic heterocycles. The van der Waals surface area contributed by atoms with Crippen LogP contribution >= 0.6 is 11.6 Å². The van der Waals surface area contributed by atoms with Crippen LogP contribution in [0.4, 0.5) is 0 Å². The lowest BCUT2D eigenvalue weighted by atomic mass is 9.93. The Kier molecular flexibility index (Phi) is 4.02. The Bertz CT molecular complexity index is 535. The van der Waals surface area contributed by atoms with Crippen LogP contribution < -0.4 is 11.3 Å². The van der Waals surface area contributed by atoms with Gasteiger partial charge in [0.15, 0.2) is 0 Å². The van der Waals surface area contributed by atoms with Gasteiger partial charge in [0, 0.05) is 5.02 Å².